The fraction of sp³-hybridized carbons (Fsp3) is 0.800. The van der Waals surface area contributed by atoms with E-state index in [0.29, 0.717) is 24.5 Å². The van der Waals surface area contributed by atoms with E-state index in [1.54, 1.807) is 0 Å². The third-order valence-corrected chi connectivity index (χ3v) is 2.77. The predicted octanol–water partition coefficient (Wildman–Crippen LogP) is 2.68. The molecule has 0 aromatic carbocycles. The SMILES string of the molecule is O=C(Cl)CCC1CCCCC(=O)C1. The van der Waals surface area contributed by atoms with Crippen LogP contribution in [-0.2, 0) is 9.59 Å². The van der Waals surface area contributed by atoms with Gasteiger partial charge in [0.15, 0.2) is 0 Å². The molecule has 0 amide bonds. The van der Waals surface area contributed by atoms with E-state index in [1.165, 1.54) is 0 Å². The number of carbonyl (C=O) groups excluding carboxylic acids is 2. The van der Waals surface area contributed by atoms with Gasteiger partial charge in [-0.05, 0) is 36.8 Å². The van der Waals surface area contributed by atoms with Crippen LogP contribution in [0.2, 0.25) is 0 Å². The molecule has 1 saturated carbocycles. The molecule has 0 heterocycles. The van der Waals surface area contributed by atoms with Crippen LogP contribution >= 0.6 is 11.6 Å². The predicted molar refractivity (Wildman–Crippen MR) is 51.7 cm³/mol. The zero-order valence-corrected chi connectivity index (χ0v) is 8.48. The van der Waals surface area contributed by atoms with E-state index in [-0.39, 0.29) is 5.24 Å². The van der Waals surface area contributed by atoms with Crippen molar-refractivity contribution >= 4 is 22.6 Å². The van der Waals surface area contributed by atoms with Crippen molar-refractivity contribution in [3.63, 3.8) is 0 Å². The third kappa shape index (κ3) is 4.41. The van der Waals surface area contributed by atoms with E-state index in [2.05, 4.69) is 0 Å². The molecule has 0 saturated heterocycles. The minimum absolute atomic E-state index is 0.281. The minimum Gasteiger partial charge on any atom is -0.300 e. The number of hydrogen-bond donors (Lipinski definition) is 0. The molecular formula is C10H15ClO2. The molecule has 1 fully saturated rings. The number of carbonyl (C=O) groups is 2. The van der Waals surface area contributed by atoms with Crippen LogP contribution in [0, 0.1) is 5.92 Å². The largest absolute Gasteiger partial charge is 0.300 e. The summed E-state index contributed by atoms with van der Waals surface area (Å²) >= 11 is 5.25. The molecule has 3 heteroatoms. The van der Waals surface area contributed by atoms with Crippen molar-refractivity contribution in [2.45, 2.75) is 44.9 Å². The van der Waals surface area contributed by atoms with Crippen molar-refractivity contribution in [3.05, 3.63) is 0 Å². The first-order valence-electron chi connectivity index (χ1n) is 4.88. The molecule has 1 rings (SSSR count). The van der Waals surface area contributed by atoms with E-state index in [4.69, 9.17) is 11.6 Å². The van der Waals surface area contributed by atoms with Crippen molar-refractivity contribution in [2.24, 2.45) is 5.92 Å². The van der Waals surface area contributed by atoms with Crippen LogP contribution in [0.5, 0.6) is 0 Å². The first-order chi connectivity index (χ1) is 6.18. The lowest BCUT2D eigenvalue weighted by atomic mass is 9.95. The Labute approximate surface area is 83.6 Å². The number of ketones is 1. The quantitative estimate of drug-likeness (QED) is 0.521. The Balaban J connectivity index is 2.30. The number of rotatable bonds is 3. The Bertz CT molecular complexity index is 201. The monoisotopic (exact) mass is 202 g/mol. The maximum absolute atomic E-state index is 11.2. The highest BCUT2D eigenvalue weighted by Gasteiger charge is 2.17. The molecule has 13 heavy (non-hydrogen) atoms. The van der Waals surface area contributed by atoms with Gasteiger partial charge < -0.3 is 0 Å². The molecule has 1 aliphatic rings. The van der Waals surface area contributed by atoms with Crippen LogP contribution in [0.4, 0.5) is 0 Å². The number of halogens is 1. The Morgan fingerprint density at radius 2 is 2.23 bits per heavy atom. The van der Waals surface area contributed by atoms with E-state index in [9.17, 15) is 9.59 Å². The van der Waals surface area contributed by atoms with Gasteiger partial charge >= 0.3 is 0 Å². The standard InChI is InChI=1S/C10H15ClO2/c11-10(13)6-5-8-3-1-2-4-9(12)7-8/h8H,1-7H2. The summed E-state index contributed by atoms with van der Waals surface area (Å²) in [5, 5.41) is -0.281. The fourth-order valence-electron chi connectivity index (χ4n) is 1.85. The van der Waals surface area contributed by atoms with Gasteiger partial charge in [0.05, 0.1) is 0 Å². The van der Waals surface area contributed by atoms with E-state index < -0.39 is 0 Å². The molecule has 0 N–H and O–H groups in total. The first-order valence-corrected chi connectivity index (χ1v) is 5.26. The summed E-state index contributed by atoms with van der Waals surface area (Å²) in [5.41, 5.74) is 0. The lowest BCUT2D eigenvalue weighted by molar-refractivity contribution is -0.120. The van der Waals surface area contributed by atoms with Gasteiger partial charge in [-0.1, -0.05) is 6.42 Å². The van der Waals surface area contributed by atoms with Gasteiger partial charge in [-0.15, -0.1) is 0 Å². The summed E-state index contributed by atoms with van der Waals surface area (Å²) in [4.78, 5) is 21.8. The lowest BCUT2D eigenvalue weighted by Crippen LogP contribution is -2.06. The number of Topliss-reactive ketones (excluding diaryl/α,β-unsaturated/α-hetero) is 1. The van der Waals surface area contributed by atoms with Crippen molar-refractivity contribution in [2.75, 3.05) is 0 Å². The molecular weight excluding hydrogens is 188 g/mol. The zero-order chi connectivity index (χ0) is 9.68. The highest BCUT2D eigenvalue weighted by Crippen LogP contribution is 2.24. The molecule has 0 aromatic heterocycles. The molecule has 0 bridgehead atoms. The molecule has 0 aliphatic heterocycles. The van der Waals surface area contributed by atoms with Crippen LogP contribution in [0.3, 0.4) is 0 Å². The van der Waals surface area contributed by atoms with Crippen LogP contribution in [-0.4, -0.2) is 11.0 Å². The fourth-order valence-corrected chi connectivity index (χ4v) is 1.95. The molecule has 0 spiro atoms. The lowest BCUT2D eigenvalue weighted by Gasteiger charge is -2.10. The first kappa shape index (κ1) is 10.7. The Kier molecular flexibility index (Phi) is 4.43. The van der Waals surface area contributed by atoms with Crippen molar-refractivity contribution in [1.29, 1.82) is 0 Å². The summed E-state index contributed by atoms with van der Waals surface area (Å²) in [5.74, 6) is 0.752. The van der Waals surface area contributed by atoms with Gasteiger partial charge in [-0.2, -0.15) is 0 Å². The molecule has 2 nitrogen and oxygen atoms in total. The molecule has 0 aromatic rings. The molecule has 1 atom stereocenters. The summed E-state index contributed by atoms with van der Waals surface area (Å²) in [7, 11) is 0. The Hall–Kier alpha value is -0.370. The van der Waals surface area contributed by atoms with Crippen LogP contribution in [0.25, 0.3) is 0 Å². The minimum atomic E-state index is -0.281. The third-order valence-electron chi connectivity index (χ3n) is 2.58. The summed E-state index contributed by atoms with van der Waals surface area (Å²) in [6.45, 7) is 0. The topological polar surface area (TPSA) is 34.1 Å². The highest BCUT2D eigenvalue weighted by molar-refractivity contribution is 6.63. The van der Waals surface area contributed by atoms with Crippen LogP contribution in [0.15, 0.2) is 0 Å². The molecule has 1 aliphatic carbocycles. The van der Waals surface area contributed by atoms with Crippen LogP contribution < -0.4 is 0 Å². The Morgan fingerprint density at radius 3 is 2.92 bits per heavy atom. The smallest absolute Gasteiger partial charge is 0.221 e. The maximum atomic E-state index is 11.2. The maximum Gasteiger partial charge on any atom is 0.221 e. The van der Waals surface area contributed by atoms with Gasteiger partial charge in [0.1, 0.15) is 5.78 Å². The molecule has 0 radical (unpaired) electrons. The number of hydrogen-bond acceptors (Lipinski definition) is 2. The zero-order valence-electron chi connectivity index (χ0n) is 7.72. The highest BCUT2D eigenvalue weighted by atomic mass is 35.5. The van der Waals surface area contributed by atoms with Gasteiger partial charge in [0.25, 0.3) is 0 Å². The summed E-state index contributed by atoms with van der Waals surface area (Å²) < 4.78 is 0. The van der Waals surface area contributed by atoms with Crippen LogP contribution in [0.1, 0.15) is 44.9 Å². The summed E-state index contributed by atoms with van der Waals surface area (Å²) in [6.07, 6.45) is 5.80. The van der Waals surface area contributed by atoms with E-state index >= 15 is 0 Å². The average molecular weight is 203 g/mol. The second kappa shape index (κ2) is 5.38. The molecule has 1 unspecified atom stereocenters. The van der Waals surface area contributed by atoms with Gasteiger partial charge in [0, 0.05) is 19.3 Å². The normalized spacial score (nSPS) is 24.1. The van der Waals surface area contributed by atoms with Crippen molar-refractivity contribution < 1.29 is 9.59 Å². The summed E-state index contributed by atoms with van der Waals surface area (Å²) in [6, 6.07) is 0. The van der Waals surface area contributed by atoms with Gasteiger partial charge in [0.2, 0.25) is 5.24 Å². The average Bonchev–Trinajstić information content (AvgIpc) is 2.26. The van der Waals surface area contributed by atoms with E-state index in [1.807, 2.05) is 0 Å². The Morgan fingerprint density at radius 1 is 1.46 bits per heavy atom. The van der Waals surface area contributed by atoms with E-state index in [0.717, 1.165) is 32.1 Å². The van der Waals surface area contributed by atoms with Crippen molar-refractivity contribution in [3.8, 4) is 0 Å². The molecule has 74 valence electrons. The van der Waals surface area contributed by atoms with Crippen molar-refractivity contribution in [1.82, 2.24) is 0 Å². The second-order valence-electron chi connectivity index (χ2n) is 3.75. The second-order valence-corrected chi connectivity index (χ2v) is 4.17. The van der Waals surface area contributed by atoms with Gasteiger partial charge in [-0.3, -0.25) is 9.59 Å². The van der Waals surface area contributed by atoms with Gasteiger partial charge in [-0.25, -0.2) is 0 Å².